The molecule has 140 valence electrons. The highest BCUT2D eigenvalue weighted by molar-refractivity contribution is 5.61. The van der Waals surface area contributed by atoms with E-state index in [9.17, 15) is 0 Å². The molecule has 0 saturated carbocycles. The average molecular weight is 361 g/mol. The van der Waals surface area contributed by atoms with E-state index in [1.807, 2.05) is 27.5 Å². The largest absolute Gasteiger partial charge is 0.241 e. The molecule has 0 fully saturated rings. The summed E-state index contributed by atoms with van der Waals surface area (Å²) in [6, 6.07) is 10.7. The molecule has 4 rings (SSSR count). The van der Waals surface area contributed by atoms with Crippen LogP contribution in [0, 0.1) is 0 Å². The quantitative estimate of drug-likeness (QED) is 0.494. The summed E-state index contributed by atoms with van der Waals surface area (Å²) in [5.74, 6) is 0. The van der Waals surface area contributed by atoms with Crippen molar-refractivity contribution in [1.29, 1.82) is 0 Å². The zero-order valence-electron chi connectivity index (χ0n) is 17.1. The molecule has 0 atom stereocenters. The van der Waals surface area contributed by atoms with E-state index in [0.717, 1.165) is 12.1 Å². The molecular formula is C23H28N4. The van der Waals surface area contributed by atoms with E-state index in [1.165, 1.54) is 27.7 Å². The van der Waals surface area contributed by atoms with Crippen molar-refractivity contribution in [1.82, 2.24) is 19.2 Å². The van der Waals surface area contributed by atoms with Gasteiger partial charge in [0.2, 0.25) is 0 Å². The topological polar surface area (TPSA) is 34.6 Å². The van der Waals surface area contributed by atoms with Crippen LogP contribution in [0.1, 0.15) is 63.9 Å². The molecule has 0 radical (unpaired) electrons. The van der Waals surface area contributed by atoms with E-state index < -0.39 is 0 Å². The van der Waals surface area contributed by atoms with Crippen molar-refractivity contribution in [3.63, 3.8) is 0 Å². The Kier molecular flexibility index (Phi) is 3.91. The van der Waals surface area contributed by atoms with Gasteiger partial charge in [-0.3, -0.25) is 0 Å². The van der Waals surface area contributed by atoms with Gasteiger partial charge in [0.05, 0.1) is 22.9 Å². The van der Waals surface area contributed by atoms with E-state index in [2.05, 4.69) is 77.1 Å². The summed E-state index contributed by atoms with van der Waals surface area (Å²) in [4.78, 5) is 0. The number of hydrogen-bond donors (Lipinski definition) is 0. The van der Waals surface area contributed by atoms with Crippen molar-refractivity contribution in [2.24, 2.45) is 0 Å². The Balaban J connectivity index is 1.83. The van der Waals surface area contributed by atoms with Crippen LogP contribution in [0.5, 0.6) is 0 Å². The molecule has 27 heavy (non-hydrogen) atoms. The predicted molar refractivity (Wildman–Crippen MR) is 111 cm³/mol. The smallest absolute Gasteiger partial charge is 0.0716 e. The van der Waals surface area contributed by atoms with E-state index in [-0.39, 0.29) is 10.8 Å². The van der Waals surface area contributed by atoms with Crippen LogP contribution < -0.4 is 0 Å². The van der Waals surface area contributed by atoms with E-state index in [4.69, 9.17) is 5.10 Å². The first-order valence-corrected chi connectivity index (χ1v) is 9.58. The lowest BCUT2D eigenvalue weighted by atomic mass is 9.84. The molecule has 0 bridgehead atoms. The molecule has 4 heterocycles. The van der Waals surface area contributed by atoms with Crippen molar-refractivity contribution < 1.29 is 0 Å². The summed E-state index contributed by atoms with van der Waals surface area (Å²) in [6.07, 6.45) is 6.91. The Labute approximate surface area is 160 Å². The lowest BCUT2D eigenvalue weighted by Crippen LogP contribution is -2.13. The summed E-state index contributed by atoms with van der Waals surface area (Å²) in [7, 11) is 0. The summed E-state index contributed by atoms with van der Waals surface area (Å²) >= 11 is 0. The van der Waals surface area contributed by atoms with Crippen LogP contribution in [0.25, 0.3) is 11.0 Å². The van der Waals surface area contributed by atoms with Gasteiger partial charge in [0.25, 0.3) is 0 Å². The molecule has 0 aliphatic rings. The normalized spacial score (nSPS) is 13.0. The van der Waals surface area contributed by atoms with E-state index >= 15 is 0 Å². The van der Waals surface area contributed by atoms with Crippen LogP contribution >= 0.6 is 0 Å². The highest BCUT2D eigenvalue weighted by Gasteiger charge is 2.25. The zero-order chi connectivity index (χ0) is 19.4. The predicted octanol–water partition coefficient (Wildman–Crippen LogP) is 5.17. The maximum absolute atomic E-state index is 4.91. The average Bonchev–Trinajstić information content (AvgIpc) is 3.14. The van der Waals surface area contributed by atoms with Crippen LogP contribution in [0.2, 0.25) is 0 Å². The van der Waals surface area contributed by atoms with Gasteiger partial charge in [0, 0.05) is 29.9 Å². The zero-order valence-corrected chi connectivity index (χ0v) is 17.1. The molecule has 0 spiro atoms. The molecule has 0 amide bonds. The molecule has 4 nitrogen and oxygen atoms in total. The molecule has 0 N–H and O–H groups in total. The number of pyridine rings is 2. The molecule has 4 heteroatoms. The fourth-order valence-electron chi connectivity index (χ4n) is 3.89. The molecule has 0 aliphatic carbocycles. The van der Waals surface area contributed by atoms with Crippen molar-refractivity contribution in [3.8, 4) is 0 Å². The van der Waals surface area contributed by atoms with Gasteiger partial charge in [-0.15, -0.1) is 0 Å². The Hall–Kier alpha value is -2.62. The van der Waals surface area contributed by atoms with Crippen molar-refractivity contribution in [2.45, 2.75) is 58.8 Å². The van der Waals surface area contributed by atoms with E-state index in [1.54, 1.807) is 0 Å². The van der Waals surface area contributed by atoms with Crippen LogP contribution in [0.4, 0.5) is 0 Å². The maximum Gasteiger partial charge on any atom is 0.0716 e. The molecular weight excluding hydrogens is 332 g/mol. The number of nitrogens with zero attached hydrogens (tertiary/aromatic N) is 4. The van der Waals surface area contributed by atoms with Gasteiger partial charge < -0.3 is 0 Å². The summed E-state index contributed by atoms with van der Waals surface area (Å²) < 4.78 is 3.98. The van der Waals surface area contributed by atoms with Gasteiger partial charge in [-0.25, -0.2) is 9.03 Å². The molecule has 4 aromatic heterocycles. The minimum Gasteiger partial charge on any atom is -0.241 e. The fourth-order valence-corrected chi connectivity index (χ4v) is 3.89. The molecule has 0 saturated heterocycles. The highest BCUT2D eigenvalue weighted by atomic mass is 15.2. The van der Waals surface area contributed by atoms with E-state index in [0.29, 0.717) is 0 Å². The lowest BCUT2D eigenvalue weighted by Gasteiger charge is -2.19. The maximum atomic E-state index is 4.91. The van der Waals surface area contributed by atoms with Crippen LogP contribution in [-0.4, -0.2) is 19.2 Å². The number of hydrogen-bond acceptors (Lipinski definition) is 2. The minimum atomic E-state index is 0.0374. The summed E-state index contributed by atoms with van der Waals surface area (Å²) in [5.41, 5.74) is 7.50. The Bertz CT molecular complexity index is 1120. The third kappa shape index (κ3) is 3.14. The summed E-state index contributed by atoms with van der Waals surface area (Å²) in [5, 5.41) is 9.43. The van der Waals surface area contributed by atoms with Crippen LogP contribution in [0.3, 0.4) is 0 Å². The number of aromatic nitrogens is 4. The van der Waals surface area contributed by atoms with Gasteiger partial charge in [0.15, 0.2) is 0 Å². The minimum absolute atomic E-state index is 0.0374. The van der Waals surface area contributed by atoms with Crippen LogP contribution in [-0.2, 0) is 17.3 Å². The molecule has 4 aromatic rings. The van der Waals surface area contributed by atoms with Crippen molar-refractivity contribution in [2.75, 3.05) is 0 Å². The first-order chi connectivity index (χ1) is 12.6. The Morgan fingerprint density at radius 1 is 0.852 bits per heavy atom. The van der Waals surface area contributed by atoms with Gasteiger partial charge >= 0.3 is 0 Å². The number of fused-ring (bicyclic) bond motifs is 2. The lowest BCUT2D eigenvalue weighted by molar-refractivity contribution is 0.589. The second-order valence-corrected chi connectivity index (χ2v) is 9.45. The van der Waals surface area contributed by atoms with Crippen molar-refractivity contribution in [3.05, 3.63) is 71.3 Å². The first kappa shape index (κ1) is 17.8. The third-order valence-corrected chi connectivity index (χ3v) is 5.13. The third-order valence-electron chi connectivity index (χ3n) is 5.13. The molecule has 0 unspecified atom stereocenters. The highest BCUT2D eigenvalue weighted by Crippen LogP contribution is 2.32. The SMILES string of the molecule is CC(C)(C)c1cnn2ccc(Cc3nn4ccccc4c3C(C)(C)C)cc12. The summed E-state index contributed by atoms with van der Waals surface area (Å²) in [6.45, 7) is 13.5. The standard InChI is InChI=1S/C23H28N4/c1-22(2,3)17-15-24-26-12-10-16(14-20(17)26)13-18-21(23(4,5)6)19-9-7-8-11-27(19)25-18/h7-12,14-15H,13H2,1-6H3. The molecule has 0 aliphatic heterocycles. The van der Waals surface area contributed by atoms with Crippen LogP contribution in [0.15, 0.2) is 48.9 Å². The number of rotatable bonds is 2. The van der Waals surface area contributed by atoms with Gasteiger partial charge in [0.1, 0.15) is 0 Å². The second-order valence-electron chi connectivity index (χ2n) is 9.45. The second kappa shape index (κ2) is 5.95. The monoisotopic (exact) mass is 360 g/mol. The fraction of sp³-hybridized carbons (Fsp3) is 0.391. The van der Waals surface area contributed by atoms with Gasteiger partial charge in [-0.1, -0.05) is 47.6 Å². The first-order valence-electron chi connectivity index (χ1n) is 9.58. The van der Waals surface area contributed by atoms with Gasteiger partial charge in [-0.2, -0.15) is 10.2 Å². The van der Waals surface area contributed by atoms with Crippen molar-refractivity contribution >= 4 is 11.0 Å². The Morgan fingerprint density at radius 2 is 1.63 bits per heavy atom. The Morgan fingerprint density at radius 3 is 2.33 bits per heavy atom. The molecule has 0 aromatic carbocycles. The van der Waals surface area contributed by atoms with Gasteiger partial charge in [-0.05, 0) is 40.7 Å².